The first-order chi connectivity index (χ1) is 13.2. The molecule has 0 saturated heterocycles. The lowest BCUT2D eigenvalue weighted by atomic mass is 9.85. The van der Waals surface area contributed by atoms with Gasteiger partial charge in [0.2, 0.25) is 0 Å². The Labute approximate surface area is 157 Å². The summed E-state index contributed by atoms with van der Waals surface area (Å²) in [6, 6.07) is 12.1. The fourth-order valence-electron chi connectivity index (χ4n) is 3.05. The van der Waals surface area contributed by atoms with E-state index in [2.05, 4.69) is 23.2 Å². The number of benzene rings is 1. The molecule has 6 nitrogen and oxygen atoms in total. The van der Waals surface area contributed by atoms with Crippen LogP contribution in [-0.2, 0) is 17.6 Å². The predicted octanol–water partition coefficient (Wildman–Crippen LogP) is 3.90. The minimum atomic E-state index is -5.08. The van der Waals surface area contributed by atoms with Crippen LogP contribution in [0.1, 0.15) is 11.1 Å². The highest BCUT2D eigenvalue weighted by Gasteiger charge is 2.38. The molecule has 0 fully saturated rings. The summed E-state index contributed by atoms with van der Waals surface area (Å²) < 4.78 is 37.3. The Kier molecular flexibility index (Phi) is 5.00. The molecule has 3 aromatic rings. The molecule has 0 radical (unpaired) electrons. The number of aliphatic carboxylic acids is 1. The van der Waals surface area contributed by atoms with Crippen LogP contribution in [0.5, 0.6) is 0 Å². The summed E-state index contributed by atoms with van der Waals surface area (Å²) in [4.78, 5) is 13.4. The molecule has 1 aromatic carbocycles. The van der Waals surface area contributed by atoms with Crippen molar-refractivity contribution in [1.29, 1.82) is 0 Å². The SMILES string of the molecule is Nc1nc2c(c(-c3ccco3)c1N)CCc1ccccc1-2.O=C(O)C(F)(F)F. The van der Waals surface area contributed by atoms with E-state index in [-0.39, 0.29) is 0 Å². The van der Waals surface area contributed by atoms with E-state index in [9.17, 15) is 13.2 Å². The largest absolute Gasteiger partial charge is 0.490 e. The first-order valence-corrected chi connectivity index (χ1v) is 8.20. The standard InChI is InChI=1S/C17H15N3O.C2HF3O2/c18-15-14(13-6-3-9-21-13)12-8-7-10-4-1-2-5-11(10)16(12)20-17(15)19;3-2(4,5)1(6)7/h1-6,9H,7-8,18H2,(H2,19,20);(H,6,7). The number of aromatic nitrogens is 1. The highest BCUT2D eigenvalue weighted by Crippen LogP contribution is 2.42. The maximum Gasteiger partial charge on any atom is 0.490 e. The van der Waals surface area contributed by atoms with Crippen molar-refractivity contribution in [3.8, 4) is 22.6 Å². The minimum absolute atomic E-state index is 0.358. The number of pyridine rings is 1. The highest BCUT2D eigenvalue weighted by molar-refractivity contribution is 5.89. The number of alkyl halides is 3. The average Bonchev–Trinajstić information content (AvgIpc) is 3.17. The number of hydrogen-bond donors (Lipinski definition) is 3. The van der Waals surface area contributed by atoms with Crippen LogP contribution in [0.25, 0.3) is 22.6 Å². The number of anilines is 2. The van der Waals surface area contributed by atoms with E-state index in [0.29, 0.717) is 11.5 Å². The molecule has 0 atom stereocenters. The van der Waals surface area contributed by atoms with Gasteiger partial charge in [-0.2, -0.15) is 13.2 Å². The third-order valence-corrected chi connectivity index (χ3v) is 4.29. The number of aryl methyl sites for hydroxylation is 1. The lowest BCUT2D eigenvalue weighted by Crippen LogP contribution is -2.21. The molecule has 9 heteroatoms. The van der Waals surface area contributed by atoms with Gasteiger partial charge in [0.25, 0.3) is 0 Å². The molecule has 0 bridgehead atoms. The van der Waals surface area contributed by atoms with Crippen molar-refractivity contribution >= 4 is 17.5 Å². The molecular formula is C19H16F3N3O3. The van der Waals surface area contributed by atoms with Gasteiger partial charge in [-0.05, 0) is 36.1 Å². The molecule has 4 rings (SSSR count). The molecule has 1 aliphatic carbocycles. The van der Waals surface area contributed by atoms with Crippen molar-refractivity contribution in [2.45, 2.75) is 19.0 Å². The van der Waals surface area contributed by atoms with Gasteiger partial charge in [0, 0.05) is 11.1 Å². The number of nitrogens with zero attached hydrogens (tertiary/aromatic N) is 1. The number of nitrogen functional groups attached to an aromatic ring is 2. The summed E-state index contributed by atoms with van der Waals surface area (Å²) in [6.45, 7) is 0. The van der Waals surface area contributed by atoms with Gasteiger partial charge >= 0.3 is 12.1 Å². The maximum atomic E-state index is 10.6. The summed E-state index contributed by atoms with van der Waals surface area (Å²) in [5, 5.41) is 7.12. The summed E-state index contributed by atoms with van der Waals surface area (Å²) in [5.74, 6) is -1.65. The van der Waals surface area contributed by atoms with Crippen molar-refractivity contribution in [2.24, 2.45) is 0 Å². The molecule has 0 aliphatic heterocycles. The molecule has 0 unspecified atom stereocenters. The normalized spacial score (nSPS) is 12.4. The van der Waals surface area contributed by atoms with Gasteiger partial charge in [-0.25, -0.2) is 9.78 Å². The topological polar surface area (TPSA) is 115 Å². The highest BCUT2D eigenvalue weighted by atomic mass is 19.4. The fraction of sp³-hybridized carbons (Fsp3) is 0.158. The number of furan rings is 1. The summed E-state index contributed by atoms with van der Waals surface area (Å²) in [6.07, 6.45) is -1.57. The second-order valence-corrected chi connectivity index (χ2v) is 6.05. The van der Waals surface area contributed by atoms with Gasteiger partial charge in [-0.3, -0.25) is 0 Å². The summed E-state index contributed by atoms with van der Waals surface area (Å²) in [7, 11) is 0. The van der Waals surface area contributed by atoms with E-state index in [4.69, 9.17) is 25.8 Å². The van der Waals surface area contributed by atoms with Gasteiger partial charge in [-0.15, -0.1) is 0 Å². The number of carboxylic acid groups (broad SMARTS) is 1. The summed E-state index contributed by atoms with van der Waals surface area (Å²) in [5.41, 5.74) is 18.1. The number of halogens is 3. The zero-order chi connectivity index (χ0) is 20.5. The average molecular weight is 391 g/mol. The number of carbonyl (C=O) groups is 1. The third-order valence-electron chi connectivity index (χ3n) is 4.29. The second-order valence-electron chi connectivity index (χ2n) is 6.05. The van der Waals surface area contributed by atoms with E-state index in [1.165, 1.54) is 5.56 Å². The zero-order valence-electron chi connectivity index (χ0n) is 14.5. The van der Waals surface area contributed by atoms with Gasteiger partial charge in [-0.1, -0.05) is 24.3 Å². The molecule has 2 aromatic heterocycles. The maximum absolute atomic E-state index is 10.6. The van der Waals surface area contributed by atoms with Crippen molar-refractivity contribution in [3.63, 3.8) is 0 Å². The molecule has 0 spiro atoms. The van der Waals surface area contributed by atoms with Gasteiger partial charge in [0.15, 0.2) is 0 Å². The van der Waals surface area contributed by atoms with Gasteiger partial charge in [0.1, 0.15) is 11.6 Å². The van der Waals surface area contributed by atoms with Crippen molar-refractivity contribution in [2.75, 3.05) is 11.5 Å². The van der Waals surface area contributed by atoms with Crippen LogP contribution in [0.3, 0.4) is 0 Å². The Balaban J connectivity index is 0.000000279. The van der Waals surface area contributed by atoms with Gasteiger partial charge in [0.05, 0.1) is 17.6 Å². The van der Waals surface area contributed by atoms with Crippen molar-refractivity contribution in [3.05, 3.63) is 53.8 Å². The predicted molar refractivity (Wildman–Crippen MR) is 97.3 cm³/mol. The van der Waals surface area contributed by atoms with E-state index in [1.807, 2.05) is 18.2 Å². The molecule has 1 aliphatic rings. The van der Waals surface area contributed by atoms with Gasteiger partial charge < -0.3 is 21.0 Å². The Morgan fingerprint density at radius 2 is 1.79 bits per heavy atom. The van der Waals surface area contributed by atoms with Crippen LogP contribution in [0.2, 0.25) is 0 Å². The molecule has 28 heavy (non-hydrogen) atoms. The van der Waals surface area contributed by atoms with E-state index >= 15 is 0 Å². The van der Waals surface area contributed by atoms with Crippen LogP contribution in [0.15, 0.2) is 47.1 Å². The van der Waals surface area contributed by atoms with Crippen molar-refractivity contribution < 1.29 is 27.5 Å². The Bertz CT molecular complexity index is 1020. The minimum Gasteiger partial charge on any atom is -0.475 e. The summed E-state index contributed by atoms with van der Waals surface area (Å²) >= 11 is 0. The number of fused-ring (bicyclic) bond motifs is 3. The lowest BCUT2D eigenvalue weighted by molar-refractivity contribution is -0.192. The van der Waals surface area contributed by atoms with Crippen LogP contribution in [0.4, 0.5) is 24.7 Å². The Hall–Kier alpha value is -3.49. The number of hydrogen-bond acceptors (Lipinski definition) is 5. The first kappa shape index (κ1) is 19.3. The molecular weight excluding hydrogens is 375 g/mol. The van der Waals surface area contributed by atoms with E-state index in [0.717, 1.165) is 41.0 Å². The fourth-order valence-corrected chi connectivity index (χ4v) is 3.05. The number of carboxylic acids is 1. The monoisotopic (exact) mass is 391 g/mol. The van der Waals surface area contributed by atoms with Crippen LogP contribution < -0.4 is 11.5 Å². The smallest absolute Gasteiger partial charge is 0.475 e. The first-order valence-electron chi connectivity index (χ1n) is 8.20. The molecule has 2 heterocycles. The van der Waals surface area contributed by atoms with E-state index < -0.39 is 12.1 Å². The number of rotatable bonds is 1. The lowest BCUT2D eigenvalue weighted by Gasteiger charge is -2.22. The Morgan fingerprint density at radius 1 is 1.11 bits per heavy atom. The second kappa shape index (κ2) is 7.26. The molecule has 146 valence electrons. The Morgan fingerprint density at radius 3 is 2.39 bits per heavy atom. The quantitative estimate of drug-likeness (QED) is 0.579. The van der Waals surface area contributed by atoms with Crippen LogP contribution >= 0.6 is 0 Å². The van der Waals surface area contributed by atoms with Crippen molar-refractivity contribution in [1.82, 2.24) is 4.98 Å². The van der Waals surface area contributed by atoms with E-state index in [1.54, 1.807) is 6.26 Å². The number of nitrogens with two attached hydrogens (primary N) is 2. The van der Waals surface area contributed by atoms with Crippen LogP contribution in [0, 0.1) is 0 Å². The zero-order valence-corrected chi connectivity index (χ0v) is 14.5. The third kappa shape index (κ3) is 3.64. The van der Waals surface area contributed by atoms with Crippen LogP contribution in [-0.4, -0.2) is 22.2 Å². The molecule has 0 saturated carbocycles. The molecule has 5 N–H and O–H groups in total. The molecule has 0 amide bonds.